The van der Waals surface area contributed by atoms with E-state index >= 15 is 0 Å². The molecule has 0 aromatic carbocycles. The molecule has 0 radical (unpaired) electrons. The van der Waals surface area contributed by atoms with E-state index in [-0.39, 0.29) is 11.9 Å². The zero-order valence-electron chi connectivity index (χ0n) is 7.76. The molecule has 70 valence electrons. The molecule has 1 amide bonds. The van der Waals surface area contributed by atoms with Crippen molar-refractivity contribution in [2.75, 3.05) is 6.54 Å². The van der Waals surface area contributed by atoms with Crippen LogP contribution in [0.3, 0.4) is 0 Å². The number of amides is 1. The summed E-state index contributed by atoms with van der Waals surface area (Å²) in [7, 11) is 0. The minimum atomic E-state index is -0.404. The van der Waals surface area contributed by atoms with Crippen molar-refractivity contribution in [1.82, 2.24) is 10.6 Å². The fourth-order valence-corrected chi connectivity index (χ4v) is 0.782. The molecule has 0 heterocycles. The number of hydrogen-bond donors (Lipinski definition) is 2. The van der Waals surface area contributed by atoms with E-state index in [0.717, 1.165) is 6.54 Å². The van der Waals surface area contributed by atoms with Gasteiger partial charge in [-0.3, -0.25) is 4.79 Å². The smallest absolute Gasteiger partial charge is 0.237 e. The Morgan fingerprint density at radius 1 is 1.50 bits per heavy atom. The third kappa shape index (κ3) is 4.08. The molecule has 0 fully saturated rings. The Labute approximate surface area is 72.7 Å². The first-order valence-electron chi connectivity index (χ1n) is 4.10. The molecule has 0 saturated carbocycles. The molecule has 0 aromatic heterocycles. The maximum absolute atomic E-state index is 11.2. The lowest BCUT2D eigenvalue weighted by Gasteiger charge is -2.13. The number of nitrogens with one attached hydrogen (secondary N) is 2. The van der Waals surface area contributed by atoms with E-state index in [2.05, 4.69) is 10.6 Å². The van der Waals surface area contributed by atoms with Gasteiger partial charge in [0.2, 0.25) is 5.91 Å². The van der Waals surface area contributed by atoms with Gasteiger partial charge in [0.1, 0.15) is 6.29 Å². The standard InChI is InChI=1S/C8H16N2O2/c1-4-9-7(3)8(12)10-6(2)5-11/h5-7,9H,4H2,1-3H3,(H,10,12). The van der Waals surface area contributed by atoms with E-state index in [1.165, 1.54) is 0 Å². The first kappa shape index (κ1) is 11.1. The molecule has 12 heavy (non-hydrogen) atoms. The molecule has 0 aromatic rings. The van der Waals surface area contributed by atoms with Crippen LogP contribution in [0, 0.1) is 0 Å². The maximum Gasteiger partial charge on any atom is 0.237 e. The number of carbonyl (C=O) groups is 2. The summed E-state index contributed by atoms with van der Waals surface area (Å²) in [5.41, 5.74) is 0. The van der Waals surface area contributed by atoms with Gasteiger partial charge in [0, 0.05) is 0 Å². The fraction of sp³-hybridized carbons (Fsp3) is 0.750. The summed E-state index contributed by atoms with van der Waals surface area (Å²) >= 11 is 0. The molecule has 0 aliphatic carbocycles. The van der Waals surface area contributed by atoms with Crippen LogP contribution < -0.4 is 10.6 Å². The van der Waals surface area contributed by atoms with Crippen LogP contribution in [0.25, 0.3) is 0 Å². The highest BCUT2D eigenvalue weighted by atomic mass is 16.2. The zero-order chi connectivity index (χ0) is 9.56. The first-order valence-corrected chi connectivity index (χ1v) is 4.10. The lowest BCUT2D eigenvalue weighted by Crippen LogP contribution is -2.45. The second kappa shape index (κ2) is 5.71. The summed E-state index contributed by atoms with van der Waals surface area (Å²) in [6.07, 6.45) is 0.705. The molecule has 0 saturated heterocycles. The van der Waals surface area contributed by atoms with Crippen LogP contribution in [0.4, 0.5) is 0 Å². The van der Waals surface area contributed by atoms with Gasteiger partial charge in [-0.05, 0) is 20.4 Å². The topological polar surface area (TPSA) is 58.2 Å². The molecule has 2 N–H and O–H groups in total. The number of likely N-dealkylation sites (N-methyl/N-ethyl adjacent to an activating group) is 1. The Balaban J connectivity index is 3.78. The van der Waals surface area contributed by atoms with Crippen molar-refractivity contribution in [2.24, 2.45) is 0 Å². The van der Waals surface area contributed by atoms with Gasteiger partial charge in [0.15, 0.2) is 0 Å². The van der Waals surface area contributed by atoms with E-state index < -0.39 is 6.04 Å². The molecule has 4 heteroatoms. The zero-order valence-corrected chi connectivity index (χ0v) is 7.76. The molecule has 2 atom stereocenters. The highest BCUT2D eigenvalue weighted by Gasteiger charge is 2.12. The first-order chi connectivity index (χ1) is 5.61. The van der Waals surface area contributed by atoms with Crippen molar-refractivity contribution < 1.29 is 9.59 Å². The summed E-state index contributed by atoms with van der Waals surface area (Å²) in [6, 6.07) is -0.643. The maximum atomic E-state index is 11.2. The molecule has 0 aliphatic heterocycles. The fourth-order valence-electron chi connectivity index (χ4n) is 0.782. The summed E-state index contributed by atoms with van der Waals surface area (Å²) in [5.74, 6) is -0.142. The number of aldehydes is 1. The minimum Gasteiger partial charge on any atom is -0.346 e. The van der Waals surface area contributed by atoms with Gasteiger partial charge < -0.3 is 15.4 Å². The normalized spacial score (nSPS) is 14.9. The summed E-state index contributed by atoms with van der Waals surface area (Å²) < 4.78 is 0. The third-order valence-electron chi connectivity index (χ3n) is 1.48. The quantitative estimate of drug-likeness (QED) is 0.559. The predicted molar refractivity (Wildman–Crippen MR) is 46.8 cm³/mol. The monoisotopic (exact) mass is 172 g/mol. The Kier molecular flexibility index (Phi) is 5.28. The van der Waals surface area contributed by atoms with Crippen molar-refractivity contribution in [3.05, 3.63) is 0 Å². The van der Waals surface area contributed by atoms with Crippen molar-refractivity contribution in [3.63, 3.8) is 0 Å². The van der Waals surface area contributed by atoms with Crippen LogP contribution in [-0.4, -0.2) is 30.8 Å². The van der Waals surface area contributed by atoms with Gasteiger partial charge >= 0.3 is 0 Å². The highest BCUT2D eigenvalue weighted by Crippen LogP contribution is 1.83. The van der Waals surface area contributed by atoms with Crippen molar-refractivity contribution in [2.45, 2.75) is 32.9 Å². The SMILES string of the molecule is CCNC(C)C(=O)NC(C)C=O. The van der Waals surface area contributed by atoms with Crippen molar-refractivity contribution in [3.8, 4) is 0 Å². The van der Waals surface area contributed by atoms with Gasteiger partial charge in [-0.25, -0.2) is 0 Å². The van der Waals surface area contributed by atoms with Crippen LogP contribution in [0.5, 0.6) is 0 Å². The second-order valence-corrected chi connectivity index (χ2v) is 2.71. The van der Waals surface area contributed by atoms with E-state index in [4.69, 9.17) is 0 Å². The summed E-state index contributed by atoms with van der Waals surface area (Å²) in [5, 5.41) is 5.49. The van der Waals surface area contributed by atoms with Crippen LogP contribution in [0.1, 0.15) is 20.8 Å². The molecule has 2 unspecified atom stereocenters. The van der Waals surface area contributed by atoms with Crippen molar-refractivity contribution in [1.29, 1.82) is 0 Å². The molecule has 4 nitrogen and oxygen atoms in total. The van der Waals surface area contributed by atoms with Gasteiger partial charge in [-0.15, -0.1) is 0 Å². The van der Waals surface area contributed by atoms with Crippen LogP contribution in [-0.2, 0) is 9.59 Å². The predicted octanol–water partition coefficient (Wildman–Crippen LogP) is -0.312. The molecule has 0 spiro atoms. The van der Waals surface area contributed by atoms with Crippen LogP contribution in [0.15, 0.2) is 0 Å². The lowest BCUT2D eigenvalue weighted by atomic mass is 10.3. The Hall–Kier alpha value is -0.900. The molecular formula is C8H16N2O2. The molecule has 0 aliphatic rings. The van der Waals surface area contributed by atoms with Gasteiger partial charge in [-0.1, -0.05) is 6.92 Å². The Morgan fingerprint density at radius 3 is 2.50 bits per heavy atom. The van der Waals surface area contributed by atoms with Gasteiger partial charge in [0.25, 0.3) is 0 Å². The highest BCUT2D eigenvalue weighted by molar-refractivity contribution is 5.83. The number of hydrogen-bond acceptors (Lipinski definition) is 3. The Morgan fingerprint density at radius 2 is 2.08 bits per heavy atom. The van der Waals surface area contributed by atoms with E-state index in [1.54, 1.807) is 13.8 Å². The third-order valence-corrected chi connectivity index (χ3v) is 1.48. The number of carbonyl (C=O) groups excluding carboxylic acids is 2. The number of rotatable bonds is 5. The average molecular weight is 172 g/mol. The molecule has 0 rings (SSSR count). The summed E-state index contributed by atoms with van der Waals surface area (Å²) in [6.45, 7) is 6.07. The molecular weight excluding hydrogens is 156 g/mol. The largest absolute Gasteiger partial charge is 0.346 e. The minimum absolute atomic E-state index is 0.142. The van der Waals surface area contributed by atoms with E-state index in [9.17, 15) is 9.59 Å². The Bertz CT molecular complexity index is 159. The van der Waals surface area contributed by atoms with Crippen molar-refractivity contribution >= 4 is 12.2 Å². The van der Waals surface area contributed by atoms with Gasteiger partial charge in [-0.2, -0.15) is 0 Å². The summed E-state index contributed by atoms with van der Waals surface area (Å²) in [4.78, 5) is 21.4. The van der Waals surface area contributed by atoms with Crippen LogP contribution >= 0.6 is 0 Å². The average Bonchev–Trinajstić information content (AvgIpc) is 2.04. The second-order valence-electron chi connectivity index (χ2n) is 2.71. The van der Waals surface area contributed by atoms with Gasteiger partial charge in [0.05, 0.1) is 12.1 Å². The molecule has 0 bridgehead atoms. The lowest BCUT2D eigenvalue weighted by molar-refractivity contribution is -0.125. The van der Waals surface area contributed by atoms with E-state index in [1.807, 2.05) is 6.92 Å². The van der Waals surface area contributed by atoms with Crippen LogP contribution in [0.2, 0.25) is 0 Å². The van der Waals surface area contributed by atoms with E-state index in [0.29, 0.717) is 6.29 Å².